The number of ether oxygens (including phenoxy) is 10. The smallest absolute Gasteiger partial charge is 0.336 e. The fraction of sp³-hybridized carbons (Fsp3) is 0.776. The van der Waals surface area contributed by atoms with Crippen LogP contribution in [0.1, 0.15) is 93.9 Å². The summed E-state index contributed by atoms with van der Waals surface area (Å²) in [6.07, 6.45) is 6.88. The van der Waals surface area contributed by atoms with Crippen LogP contribution in [0.5, 0.6) is 0 Å². The molecule has 2 bridgehead atoms. The normalized spacial score (nSPS) is 44.6. The van der Waals surface area contributed by atoms with Gasteiger partial charge in [-0.15, -0.1) is 0 Å². The van der Waals surface area contributed by atoms with Crippen LogP contribution in [-0.2, 0) is 66.7 Å². The molecule has 0 aromatic rings. The van der Waals surface area contributed by atoms with Gasteiger partial charge < -0.3 is 57.6 Å². The van der Waals surface area contributed by atoms with Crippen molar-refractivity contribution in [2.24, 2.45) is 23.7 Å². The van der Waals surface area contributed by atoms with Crippen molar-refractivity contribution in [1.29, 1.82) is 0 Å². The van der Waals surface area contributed by atoms with Gasteiger partial charge in [-0.25, -0.2) is 4.18 Å². The number of hydrogen-bond donors (Lipinski definition) is 3. The van der Waals surface area contributed by atoms with E-state index in [1.54, 1.807) is 33.1 Å². The highest BCUT2D eigenvalue weighted by atomic mass is 32.2. The van der Waals surface area contributed by atoms with E-state index >= 15 is 0 Å². The SMILES string of the molecule is CCC(C)[C@H]1O[C@]2(C=C[C@@H]1C)C[C@@H]1C[C@@H](CC=C(C)[C@@H](O[C@H]3C[C@H](OC)[C@@H](O[C@H]4C[C@H](OC)[C@@H](OS(=O)(=O)NC)[C@H](C)O4)[C@H](C)O3)[C@@H](C)C=CC=C3CO[C@@H]4[C@H](O)C(C)=C[C@@H](C(=O)O1)[C@]34O)O2. The number of methoxy groups -OCH3 is 2. The Kier molecular flexibility index (Phi) is 16.8. The summed E-state index contributed by atoms with van der Waals surface area (Å²) in [6.45, 7) is 15.8. The number of aliphatic hydroxyl groups excluding tert-OH is 1. The summed E-state index contributed by atoms with van der Waals surface area (Å²) in [5.41, 5.74) is 0.0381. The molecular weight excluding hydrogens is 891 g/mol. The maximum Gasteiger partial charge on any atom is 0.336 e. The van der Waals surface area contributed by atoms with E-state index in [-0.39, 0.29) is 43.3 Å². The van der Waals surface area contributed by atoms with E-state index in [0.29, 0.717) is 30.4 Å². The minimum Gasteiger partial charge on any atom is -0.462 e. The first-order chi connectivity index (χ1) is 31.7. The molecule has 4 fully saturated rings. The van der Waals surface area contributed by atoms with Crippen LogP contribution in [0.25, 0.3) is 0 Å². The van der Waals surface area contributed by atoms with E-state index in [1.165, 1.54) is 14.2 Å². The van der Waals surface area contributed by atoms with E-state index in [4.69, 9.17) is 51.6 Å². The van der Waals surface area contributed by atoms with E-state index in [1.807, 2.05) is 39.0 Å². The summed E-state index contributed by atoms with van der Waals surface area (Å²) in [7, 11) is 0.359. The Morgan fingerprint density at radius 1 is 0.910 bits per heavy atom. The Morgan fingerprint density at radius 3 is 2.25 bits per heavy atom. The maximum atomic E-state index is 14.4. The highest BCUT2D eigenvalue weighted by Crippen LogP contribution is 2.47. The second-order valence-electron chi connectivity index (χ2n) is 19.7. The number of nitrogens with one attached hydrogen (secondary N) is 1. The first-order valence-electron chi connectivity index (χ1n) is 24.0. The molecule has 0 aromatic heterocycles. The second kappa shape index (κ2) is 21.5. The van der Waals surface area contributed by atoms with Gasteiger partial charge in [0, 0.05) is 58.8 Å². The van der Waals surface area contributed by atoms with Crippen LogP contribution in [0.4, 0.5) is 0 Å². The van der Waals surface area contributed by atoms with Crippen LogP contribution < -0.4 is 4.72 Å². The van der Waals surface area contributed by atoms with Crippen molar-refractivity contribution in [2.75, 3.05) is 27.9 Å². The molecule has 0 amide bonds. The Hall–Kier alpha value is -2.40. The molecule has 1 unspecified atom stereocenters. The molecule has 20 atom stereocenters. The summed E-state index contributed by atoms with van der Waals surface area (Å²) in [5, 5.41) is 23.8. The summed E-state index contributed by atoms with van der Waals surface area (Å²) in [6, 6.07) is 0. The number of carbonyl (C=O) groups excluding carboxylic acids is 1. The third-order valence-electron chi connectivity index (χ3n) is 15.0. The van der Waals surface area contributed by atoms with Crippen LogP contribution >= 0.6 is 0 Å². The number of carbonyl (C=O) groups is 1. The van der Waals surface area contributed by atoms with Gasteiger partial charge in [0.1, 0.15) is 42.0 Å². The summed E-state index contributed by atoms with van der Waals surface area (Å²) in [5.74, 6) is -2.70. The Morgan fingerprint density at radius 2 is 1.58 bits per heavy atom. The fourth-order valence-electron chi connectivity index (χ4n) is 10.9. The van der Waals surface area contributed by atoms with Crippen molar-refractivity contribution in [2.45, 2.75) is 191 Å². The minimum atomic E-state index is -4.01. The topological polar surface area (TPSA) is 205 Å². The van der Waals surface area contributed by atoms with Crippen LogP contribution in [0, 0.1) is 23.7 Å². The molecule has 1 aliphatic carbocycles. The Labute approximate surface area is 396 Å². The molecule has 17 nitrogen and oxygen atoms in total. The largest absolute Gasteiger partial charge is 0.462 e. The quantitative estimate of drug-likeness (QED) is 0.187. The van der Waals surface area contributed by atoms with Crippen molar-refractivity contribution < 1.29 is 75.0 Å². The maximum absolute atomic E-state index is 14.4. The lowest BCUT2D eigenvalue weighted by molar-refractivity contribution is -0.317. The number of aliphatic hydroxyl groups is 2. The number of esters is 1. The van der Waals surface area contributed by atoms with Gasteiger partial charge in [0.05, 0.1) is 49.3 Å². The van der Waals surface area contributed by atoms with Gasteiger partial charge in [0.25, 0.3) is 0 Å². The van der Waals surface area contributed by atoms with Crippen LogP contribution in [-0.4, -0.2) is 150 Å². The molecule has 0 aromatic carbocycles. The molecule has 0 saturated carbocycles. The average Bonchev–Trinajstić information content (AvgIpc) is 3.63. The zero-order valence-corrected chi connectivity index (χ0v) is 41.7. The van der Waals surface area contributed by atoms with E-state index in [9.17, 15) is 23.4 Å². The summed E-state index contributed by atoms with van der Waals surface area (Å²) >= 11 is 0. The zero-order valence-electron chi connectivity index (χ0n) is 40.9. The third kappa shape index (κ3) is 11.2. The molecule has 7 aliphatic rings. The number of hydrogen-bond acceptors (Lipinski definition) is 16. The lowest BCUT2D eigenvalue weighted by Gasteiger charge is -2.48. The van der Waals surface area contributed by atoms with E-state index in [2.05, 4.69) is 37.6 Å². The van der Waals surface area contributed by atoms with Gasteiger partial charge in [-0.1, -0.05) is 70.6 Å². The van der Waals surface area contributed by atoms with E-state index < -0.39 is 113 Å². The first kappa shape index (κ1) is 52.4. The molecule has 0 radical (unpaired) electrons. The van der Waals surface area contributed by atoms with Crippen LogP contribution in [0.2, 0.25) is 0 Å². The molecule has 6 heterocycles. The zero-order chi connectivity index (χ0) is 48.6. The lowest BCUT2D eigenvalue weighted by atomic mass is 9.71. The molecule has 4 saturated heterocycles. The van der Waals surface area contributed by atoms with Crippen LogP contribution in [0.15, 0.2) is 59.3 Å². The highest BCUT2D eigenvalue weighted by Gasteiger charge is 2.60. The molecule has 6 aliphatic heterocycles. The standard InChI is InChI=1S/C49H75NO16S/c1-12-26(2)43-29(5)18-19-48(65-43)24-35-21-34(64-48)17-16-28(4)42(27(3)14-13-15-33-25-58-46-41(51)30(6)20-36(47(52)61-35)49(33,46)53)62-39-22-37(56-10)44(31(7)59-39)63-40-23-38(57-11)45(32(8)60-40)66-67(54,55)50-9/h13-16,18-20,26-27,29,31-32,34-46,50-51,53H,12,17,21-25H2,1-11H3/t26?,27-,29-,31-,32-,34+,35-,36-,37-,38-,39-,40-,41+,42-,43+,44-,45-,46+,48+,49+/m0/s1. The number of fused-ring (bicyclic) bond motifs is 2. The molecule has 7 rings (SSSR count). The molecule has 3 N–H and O–H groups in total. The lowest BCUT2D eigenvalue weighted by Crippen LogP contribution is -2.58. The van der Waals surface area contributed by atoms with Gasteiger partial charge in [-0.05, 0) is 62.8 Å². The Balaban J connectivity index is 1.15. The van der Waals surface area contributed by atoms with Gasteiger partial charge >= 0.3 is 16.3 Å². The first-order valence-corrected chi connectivity index (χ1v) is 25.4. The molecule has 18 heteroatoms. The third-order valence-corrected chi connectivity index (χ3v) is 15.9. The fourth-order valence-corrected chi connectivity index (χ4v) is 11.5. The molecule has 378 valence electrons. The van der Waals surface area contributed by atoms with Crippen molar-refractivity contribution in [3.05, 3.63) is 59.3 Å². The predicted octanol–water partition coefficient (Wildman–Crippen LogP) is 4.87. The minimum absolute atomic E-state index is 0.00989. The van der Waals surface area contributed by atoms with Gasteiger partial charge in [0.15, 0.2) is 18.4 Å². The molecular formula is C49H75NO16S. The molecule has 1 spiro atoms. The summed E-state index contributed by atoms with van der Waals surface area (Å²) in [4.78, 5) is 14.4. The van der Waals surface area contributed by atoms with Crippen molar-refractivity contribution in [3.8, 4) is 0 Å². The van der Waals surface area contributed by atoms with Crippen LogP contribution in [0.3, 0.4) is 0 Å². The Bertz CT molecular complexity index is 2010. The predicted molar refractivity (Wildman–Crippen MR) is 244 cm³/mol. The van der Waals surface area contributed by atoms with Crippen molar-refractivity contribution in [1.82, 2.24) is 4.72 Å². The monoisotopic (exact) mass is 965 g/mol. The van der Waals surface area contributed by atoms with E-state index in [0.717, 1.165) is 12.0 Å². The average molecular weight is 966 g/mol. The van der Waals surface area contributed by atoms with Gasteiger partial charge in [0.2, 0.25) is 0 Å². The number of allylic oxidation sites excluding steroid dienone is 2. The van der Waals surface area contributed by atoms with Crippen molar-refractivity contribution in [3.63, 3.8) is 0 Å². The van der Waals surface area contributed by atoms with Crippen molar-refractivity contribution >= 4 is 16.3 Å². The second-order valence-corrected chi connectivity index (χ2v) is 21.2. The highest BCUT2D eigenvalue weighted by molar-refractivity contribution is 7.84. The molecule has 67 heavy (non-hydrogen) atoms. The van der Waals surface area contributed by atoms with Gasteiger partial charge in [-0.3, -0.25) is 4.79 Å². The van der Waals surface area contributed by atoms with Gasteiger partial charge in [-0.2, -0.15) is 13.1 Å². The summed E-state index contributed by atoms with van der Waals surface area (Å²) < 4.78 is 96.0. The number of rotatable bonds is 11.